The molecule has 0 aliphatic heterocycles. The second-order valence-corrected chi connectivity index (χ2v) is 6.52. The smallest absolute Gasteiger partial charge is 0.0205 e. The lowest BCUT2D eigenvalue weighted by atomic mass is 10.0. The highest BCUT2D eigenvalue weighted by Gasteiger charge is 2.01. The molecule has 0 saturated heterocycles. The molecule has 0 radical (unpaired) electrons. The van der Waals surface area contributed by atoms with Crippen LogP contribution in [0.25, 0.3) is 0 Å². The summed E-state index contributed by atoms with van der Waals surface area (Å²) < 4.78 is 0. The highest BCUT2D eigenvalue weighted by atomic mass is 32.2. The third kappa shape index (κ3) is 6.46. The molecule has 0 saturated carbocycles. The fourth-order valence-corrected chi connectivity index (χ4v) is 2.76. The Bertz CT molecular complexity index is 318. The van der Waals surface area contributed by atoms with Gasteiger partial charge in [0.2, 0.25) is 0 Å². The van der Waals surface area contributed by atoms with Crippen molar-refractivity contribution in [1.29, 1.82) is 0 Å². The van der Waals surface area contributed by atoms with Crippen LogP contribution in [0.15, 0.2) is 24.3 Å². The summed E-state index contributed by atoms with van der Waals surface area (Å²) >= 11 is 1.92. The molecule has 2 heteroatoms. The van der Waals surface area contributed by atoms with E-state index >= 15 is 0 Å². The normalized spacial score (nSPS) is 12.9. The maximum Gasteiger partial charge on any atom is 0.0205 e. The zero-order valence-corrected chi connectivity index (χ0v) is 13.0. The molecule has 102 valence electrons. The second-order valence-electron chi connectivity index (χ2n) is 5.61. The van der Waals surface area contributed by atoms with Crippen LogP contribution in [0.2, 0.25) is 0 Å². The average Bonchev–Trinajstić information content (AvgIpc) is 2.31. The Morgan fingerprint density at radius 3 is 2.22 bits per heavy atom. The van der Waals surface area contributed by atoms with Gasteiger partial charge in [0.1, 0.15) is 0 Å². The first-order valence-corrected chi connectivity index (χ1v) is 8.28. The second kappa shape index (κ2) is 8.60. The van der Waals surface area contributed by atoms with Crippen molar-refractivity contribution < 1.29 is 0 Å². The molecule has 0 fully saturated rings. The summed E-state index contributed by atoms with van der Waals surface area (Å²) in [5.41, 5.74) is 2.84. The van der Waals surface area contributed by atoms with Gasteiger partial charge in [-0.3, -0.25) is 0 Å². The molecule has 1 unspecified atom stereocenters. The minimum absolute atomic E-state index is 0.737. The number of rotatable bonds is 8. The van der Waals surface area contributed by atoms with E-state index in [0.717, 1.165) is 24.9 Å². The van der Waals surface area contributed by atoms with Crippen molar-refractivity contribution in [1.82, 2.24) is 5.32 Å². The summed E-state index contributed by atoms with van der Waals surface area (Å²) in [6.07, 6.45) is 3.35. The zero-order chi connectivity index (χ0) is 13.4. The van der Waals surface area contributed by atoms with Crippen molar-refractivity contribution in [3.05, 3.63) is 35.4 Å². The van der Waals surface area contributed by atoms with Gasteiger partial charge in [-0.15, -0.1) is 0 Å². The average molecular weight is 265 g/mol. The lowest BCUT2D eigenvalue weighted by Crippen LogP contribution is -2.22. The van der Waals surface area contributed by atoms with Crippen LogP contribution in [-0.2, 0) is 13.0 Å². The van der Waals surface area contributed by atoms with E-state index in [0.29, 0.717) is 0 Å². The Morgan fingerprint density at radius 1 is 1.06 bits per heavy atom. The van der Waals surface area contributed by atoms with Crippen molar-refractivity contribution in [2.45, 2.75) is 33.7 Å². The van der Waals surface area contributed by atoms with Gasteiger partial charge in [-0.25, -0.2) is 0 Å². The van der Waals surface area contributed by atoms with E-state index in [4.69, 9.17) is 0 Å². The number of hydrogen-bond acceptors (Lipinski definition) is 2. The van der Waals surface area contributed by atoms with E-state index in [1.165, 1.54) is 23.3 Å². The predicted molar refractivity (Wildman–Crippen MR) is 84.2 cm³/mol. The van der Waals surface area contributed by atoms with E-state index in [2.05, 4.69) is 56.6 Å². The topological polar surface area (TPSA) is 12.0 Å². The molecular weight excluding hydrogens is 238 g/mol. The maximum absolute atomic E-state index is 3.53. The van der Waals surface area contributed by atoms with E-state index in [9.17, 15) is 0 Å². The highest BCUT2D eigenvalue weighted by molar-refractivity contribution is 7.98. The van der Waals surface area contributed by atoms with Gasteiger partial charge >= 0.3 is 0 Å². The summed E-state index contributed by atoms with van der Waals surface area (Å²) in [6, 6.07) is 9.04. The van der Waals surface area contributed by atoms with Gasteiger partial charge < -0.3 is 5.32 Å². The van der Waals surface area contributed by atoms with Gasteiger partial charge in [-0.05, 0) is 47.9 Å². The van der Waals surface area contributed by atoms with Crippen LogP contribution >= 0.6 is 11.8 Å². The Morgan fingerprint density at radius 2 is 1.67 bits per heavy atom. The summed E-state index contributed by atoms with van der Waals surface area (Å²) in [5, 5.41) is 3.53. The molecule has 0 aliphatic carbocycles. The standard InChI is InChI=1S/C16H27NS/c1-13(2)9-15-5-7-16(8-6-15)11-17-10-14(3)12-18-4/h5-8,13-14,17H,9-12H2,1-4H3. The molecule has 18 heavy (non-hydrogen) atoms. The van der Waals surface area contributed by atoms with Gasteiger partial charge in [0.05, 0.1) is 0 Å². The van der Waals surface area contributed by atoms with E-state index in [1.807, 2.05) is 11.8 Å². The molecule has 0 spiro atoms. The number of hydrogen-bond donors (Lipinski definition) is 1. The summed E-state index contributed by atoms with van der Waals surface area (Å²) in [6.45, 7) is 8.93. The van der Waals surface area contributed by atoms with Gasteiger partial charge in [-0.1, -0.05) is 45.0 Å². The molecule has 0 aromatic heterocycles. The third-order valence-electron chi connectivity index (χ3n) is 2.94. The number of benzene rings is 1. The molecule has 0 aliphatic rings. The van der Waals surface area contributed by atoms with Gasteiger partial charge in [-0.2, -0.15) is 11.8 Å². The Hall–Kier alpha value is -0.470. The highest BCUT2D eigenvalue weighted by Crippen LogP contribution is 2.10. The van der Waals surface area contributed by atoms with Gasteiger partial charge in [0, 0.05) is 6.54 Å². The van der Waals surface area contributed by atoms with Crippen LogP contribution in [0.3, 0.4) is 0 Å². The first kappa shape index (κ1) is 15.6. The Balaban J connectivity index is 2.30. The fourth-order valence-electron chi connectivity index (χ4n) is 2.07. The van der Waals surface area contributed by atoms with E-state index < -0.39 is 0 Å². The summed E-state index contributed by atoms with van der Waals surface area (Å²) in [5.74, 6) is 2.72. The minimum Gasteiger partial charge on any atom is -0.312 e. The lowest BCUT2D eigenvalue weighted by molar-refractivity contribution is 0.559. The minimum atomic E-state index is 0.737. The van der Waals surface area contributed by atoms with Crippen LogP contribution in [-0.4, -0.2) is 18.6 Å². The van der Waals surface area contributed by atoms with Crippen molar-refractivity contribution >= 4 is 11.8 Å². The molecule has 0 amide bonds. The summed E-state index contributed by atoms with van der Waals surface area (Å²) in [7, 11) is 0. The molecule has 0 heterocycles. The van der Waals surface area contributed by atoms with Crippen molar-refractivity contribution in [3.8, 4) is 0 Å². The summed E-state index contributed by atoms with van der Waals surface area (Å²) in [4.78, 5) is 0. The quantitative estimate of drug-likeness (QED) is 0.763. The maximum atomic E-state index is 3.53. The first-order chi connectivity index (χ1) is 8.61. The fraction of sp³-hybridized carbons (Fsp3) is 0.625. The zero-order valence-electron chi connectivity index (χ0n) is 12.2. The van der Waals surface area contributed by atoms with Crippen LogP contribution in [0.4, 0.5) is 0 Å². The third-order valence-corrected chi connectivity index (χ3v) is 3.84. The molecule has 1 atom stereocenters. The predicted octanol–water partition coefficient (Wildman–Crippen LogP) is 3.97. The lowest BCUT2D eigenvalue weighted by Gasteiger charge is -2.11. The largest absolute Gasteiger partial charge is 0.312 e. The first-order valence-electron chi connectivity index (χ1n) is 6.89. The van der Waals surface area contributed by atoms with Crippen LogP contribution in [0, 0.1) is 11.8 Å². The van der Waals surface area contributed by atoms with Crippen molar-refractivity contribution in [3.63, 3.8) is 0 Å². The molecule has 0 bridgehead atoms. The number of nitrogens with one attached hydrogen (secondary N) is 1. The van der Waals surface area contributed by atoms with Crippen LogP contribution < -0.4 is 5.32 Å². The van der Waals surface area contributed by atoms with Crippen molar-refractivity contribution in [2.24, 2.45) is 11.8 Å². The van der Waals surface area contributed by atoms with Crippen LogP contribution in [0.5, 0.6) is 0 Å². The molecule has 1 N–H and O–H groups in total. The van der Waals surface area contributed by atoms with Gasteiger partial charge in [0.25, 0.3) is 0 Å². The molecule has 1 aromatic carbocycles. The SMILES string of the molecule is CSCC(C)CNCc1ccc(CC(C)C)cc1. The monoisotopic (exact) mass is 265 g/mol. The Labute approximate surface area is 117 Å². The molecule has 1 aromatic rings. The van der Waals surface area contributed by atoms with E-state index in [-0.39, 0.29) is 0 Å². The molecule has 1 nitrogen and oxygen atoms in total. The van der Waals surface area contributed by atoms with E-state index in [1.54, 1.807) is 0 Å². The molecular formula is C16H27NS. The Kier molecular flexibility index (Phi) is 7.45. The van der Waals surface area contributed by atoms with Crippen LogP contribution in [0.1, 0.15) is 31.9 Å². The van der Waals surface area contributed by atoms with Gasteiger partial charge in [0.15, 0.2) is 0 Å². The molecule has 1 rings (SSSR count). The van der Waals surface area contributed by atoms with Crippen molar-refractivity contribution in [2.75, 3.05) is 18.6 Å². The number of thioether (sulfide) groups is 1.